The van der Waals surface area contributed by atoms with Crippen LogP contribution in [0.15, 0.2) is 11.4 Å². The third kappa shape index (κ3) is 1.29. The van der Waals surface area contributed by atoms with E-state index in [0.717, 1.165) is 10.6 Å². The van der Waals surface area contributed by atoms with Crippen LogP contribution < -0.4 is 0 Å². The van der Waals surface area contributed by atoms with Crippen molar-refractivity contribution in [2.24, 2.45) is 7.05 Å². The molecule has 0 aromatic carbocycles. The van der Waals surface area contributed by atoms with Crippen molar-refractivity contribution < 1.29 is 0 Å². The van der Waals surface area contributed by atoms with Gasteiger partial charge < -0.3 is 0 Å². The van der Waals surface area contributed by atoms with Gasteiger partial charge in [-0.05, 0) is 30.9 Å². The highest BCUT2D eigenvalue weighted by Crippen LogP contribution is 2.27. The van der Waals surface area contributed by atoms with Gasteiger partial charge in [0.1, 0.15) is 5.69 Å². The summed E-state index contributed by atoms with van der Waals surface area (Å²) in [5, 5.41) is 6.47. The maximum absolute atomic E-state index is 4.45. The molecule has 13 heavy (non-hydrogen) atoms. The molecule has 0 aliphatic rings. The molecule has 0 fully saturated rings. The van der Waals surface area contributed by atoms with Gasteiger partial charge in [-0.2, -0.15) is 5.10 Å². The lowest BCUT2D eigenvalue weighted by Gasteiger charge is -1.91. The largest absolute Gasteiger partial charge is 0.272 e. The van der Waals surface area contributed by atoms with Gasteiger partial charge in [0.2, 0.25) is 0 Å². The average molecular weight is 191 g/mol. The molecule has 3 heteroatoms. The predicted octanol–water partition coefficient (Wildman–Crippen LogP) is 2.57. The first-order valence-corrected chi connectivity index (χ1v) is 5.04. The lowest BCUT2D eigenvalue weighted by molar-refractivity contribution is 0.742. The van der Waals surface area contributed by atoms with E-state index in [2.05, 4.69) is 25.0 Å². The third-order valence-corrected chi connectivity index (χ3v) is 3.14. The Morgan fingerprint density at radius 2 is 2.23 bits per heavy atom. The Kier molecular flexibility index (Phi) is 1.96. The normalized spacial score (nSPS) is 10.7. The van der Waals surface area contributed by atoms with E-state index >= 15 is 0 Å². The van der Waals surface area contributed by atoms with E-state index in [-0.39, 0.29) is 0 Å². The van der Waals surface area contributed by atoms with Crippen molar-refractivity contribution in [3.05, 3.63) is 28.8 Å². The fourth-order valence-corrected chi connectivity index (χ4v) is 2.01. The number of nitrogens with zero attached hydrogens (tertiary/aromatic N) is 2. The van der Waals surface area contributed by atoms with Crippen molar-refractivity contribution in [3.8, 4) is 10.6 Å². The summed E-state index contributed by atoms with van der Waals surface area (Å²) in [4.78, 5) is 1.13. The third-order valence-electron chi connectivity index (χ3n) is 2.32. The van der Waals surface area contributed by atoms with Crippen LogP contribution in [0.2, 0.25) is 0 Å². The van der Waals surface area contributed by atoms with Crippen LogP contribution in [0.1, 0.15) is 11.3 Å². The summed E-state index contributed by atoms with van der Waals surface area (Å²) in [6.07, 6.45) is 0. The molecule has 0 saturated heterocycles. The first-order valence-electron chi connectivity index (χ1n) is 4.16. The Labute approximate surface area is 81.8 Å². The summed E-state index contributed by atoms with van der Waals surface area (Å²) < 4.78 is 1.91. The maximum atomic E-state index is 4.45. The zero-order valence-electron chi connectivity index (χ0n) is 7.96. The second kappa shape index (κ2) is 3.00. The van der Waals surface area contributed by atoms with Crippen molar-refractivity contribution in [1.29, 1.82) is 0 Å². The number of rotatable bonds is 1. The van der Waals surface area contributed by atoms with E-state index in [1.165, 1.54) is 11.3 Å². The zero-order valence-corrected chi connectivity index (χ0v) is 8.77. The smallest absolute Gasteiger partial charge is 0.106 e. The van der Waals surface area contributed by atoms with Crippen molar-refractivity contribution in [3.63, 3.8) is 0 Å². The molecular weight excluding hydrogens is 180 g/mol. The quantitative estimate of drug-likeness (QED) is 0.677. The summed E-state index contributed by atoms with van der Waals surface area (Å²) in [7, 11) is 1.97. The monoisotopic (exact) mass is 191 g/mol. The van der Waals surface area contributed by atoms with E-state index in [1.807, 2.05) is 23.2 Å². The Hall–Kier alpha value is -1.09. The number of hydrogen-bond donors (Lipinski definition) is 0. The second-order valence-electron chi connectivity index (χ2n) is 3.08. The molecule has 0 amide bonds. The van der Waals surface area contributed by atoms with Gasteiger partial charge in [-0.25, -0.2) is 0 Å². The van der Waals surface area contributed by atoms with Gasteiger partial charge in [-0.15, -0.1) is 11.3 Å². The van der Waals surface area contributed by atoms with Crippen LogP contribution in [0.5, 0.6) is 0 Å². The van der Waals surface area contributed by atoms with Gasteiger partial charge in [0.25, 0.3) is 0 Å². The molecule has 2 aromatic heterocycles. The lowest BCUT2D eigenvalue weighted by Crippen LogP contribution is -1.92. The topological polar surface area (TPSA) is 17.8 Å². The Morgan fingerprint density at radius 1 is 1.46 bits per heavy atom. The van der Waals surface area contributed by atoms with Gasteiger partial charge in [0.15, 0.2) is 0 Å². The van der Waals surface area contributed by atoms with Crippen molar-refractivity contribution in [1.82, 2.24) is 9.78 Å². The van der Waals surface area contributed by atoms with Crippen LogP contribution in [-0.4, -0.2) is 9.78 Å². The molecule has 0 atom stereocenters. The van der Waals surface area contributed by atoms with Crippen LogP contribution in [0.4, 0.5) is 0 Å². The first kappa shape index (κ1) is 8.51. The minimum Gasteiger partial charge on any atom is -0.272 e. The predicted molar refractivity (Wildman–Crippen MR) is 54.8 cm³/mol. The molecule has 0 N–H and O–H groups in total. The molecule has 67 valence electrons. The number of aromatic nitrogens is 2. The molecule has 0 spiro atoms. The van der Waals surface area contributed by atoms with Crippen molar-refractivity contribution in [2.45, 2.75) is 13.8 Å². The average Bonchev–Trinajstić information content (AvgIpc) is 2.70. The molecule has 2 nitrogen and oxygen atoms in total. The molecule has 1 radical (unpaired) electrons. The van der Waals surface area contributed by atoms with Crippen LogP contribution in [0, 0.1) is 19.9 Å². The van der Waals surface area contributed by atoms with Crippen molar-refractivity contribution in [2.75, 3.05) is 0 Å². The second-order valence-corrected chi connectivity index (χ2v) is 3.99. The SMILES string of the molecule is Cc1c(-c2[c]ccs2)nn(C)c1C. The van der Waals surface area contributed by atoms with E-state index in [1.54, 1.807) is 11.3 Å². The number of aryl methyl sites for hydroxylation is 1. The Bertz CT molecular complexity index is 412. The van der Waals surface area contributed by atoms with Crippen LogP contribution in [-0.2, 0) is 7.05 Å². The van der Waals surface area contributed by atoms with E-state index in [0.29, 0.717) is 0 Å². The van der Waals surface area contributed by atoms with Crippen LogP contribution in [0.25, 0.3) is 10.6 Å². The molecule has 2 heterocycles. The highest BCUT2D eigenvalue weighted by molar-refractivity contribution is 7.13. The summed E-state index contributed by atoms with van der Waals surface area (Å²) >= 11 is 1.68. The molecular formula is C10H11N2S. The minimum atomic E-state index is 1.06. The Morgan fingerprint density at radius 3 is 2.69 bits per heavy atom. The van der Waals surface area contributed by atoms with Crippen LogP contribution in [0.3, 0.4) is 0 Å². The molecule has 0 bridgehead atoms. The van der Waals surface area contributed by atoms with Gasteiger partial charge in [-0.1, -0.05) is 0 Å². The number of thiophene rings is 1. The van der Waals surface area contributed by atoms with Gasteiger partial charge in [-0.3, -0.25) is 4.68 Å². The number of hydrogen-bond acceptors (Lipinski definition) is 2. The fraction of sp³-hybridized carbons (Fsp3) is 0.300. The minimum absolute atomic E-state index is 1.06. The lowest BCUT2D eigenvalue weighted by atomic mass is 10.2. The standard InChI is InChI=1S/C10H11N2S/c1-7-8(2)12(3)11-10(7)9-5-4-6-13-9/h4,6H,1-3H3. The molecule has 0 unspecified atom stereocenters. The zero-order chi connectivity index (χ0) is 9.42. The molecule has 2 rings (SSSR count). The van der Waals surface area contributed by atoms with Crippen molar-refractivity contribution >= 4 is 11.3 Å². The fourth-order valence-electron chi connectivity index (χ4n) is 1.30. The molecule has 2 aromatic rings. The highest BCUT2D eigenvalue weighted by atomic mass is 32.1. The summed E-state index contributed by atoms with van der Waals surface area (Å²) in [6.45, 7) is 4.19. The Balaban J connectivity index is 2.59. The summed E-state index contributed by atoms with van der Waals surface area (Å²) in [5.41, 5.74) is 3.54. The van der Waals surface area contributed by atoms with Gasteiger partial charge in [0, 0.05) is 18.8 Å². The van der Waals surface area contributed by atoms with Crippen LogP contribution >= 0.6 is 11.3 Å². The first-order chi connectivity index (χ1) is 6.20. The van der Waals surface area contributed by atoms with Gasteiger partial charge >= 0.3 is 0 Å². The molecule has 0 aliphatic heterocycles. The van der Waals surface area contributed by atoms with E-state index in [9.17, 15) is 0 Å². The summed E-state index contributed by atoms with van der Waals surface area (Å²) in [5.74, 6) is 0. The van der Waals surface area contributed by atoms with E-state index < -0.39 is 0 Å². The van der Waals surface area contributed by atoms with Gasteiger partial charge in [0.05, 0.1) is 4.88 Å². The van der Waals surface area contributed by atoms with E-state index in [4.69, 9.17) is 0 Å². The summed E-state index contributed by atoms with van der Waals surface area (Å²) in [6, 6.07) is 5.11. The molecule has 0 aliphatic carbocycles. The highest BCUT2D eigenvalue weighted by Gasteiger charge is 2.10. The molecule has 0 saturated carbocycles. The maximum Gasteiger partial charge on any atom is 0.106 e.